The first-order chi connectivity index (χ1) is 14.7. The summed E-state index contributed by atoms with van der Waals surface area (Å²) in [6.07, 6.45) is 4.45. The lowest BCUT2D eigenvalue weighted by atomic mass is 10.2. The Morgan fingerprint density at radius 1 is 0.968 bits per heavy atom. The Kier molecular flexibility index (Phi) is 11.3. The molecule has 2 heterocycles. The van der Waals surface area contributed by atoms with Crippen molar-refractivity contribution < 1.29 is 4.79 Å². The van der Waals surface area contributed by atoms with Crippen molar-refractivity contribution in [1.29, 1.82) is 0 Å². The Bertz CT molecular complexity index is 710. The lowest BCUT2D eigenvalue weighted by Crippen LogP contribution is -2.54. The van der Waals surface area contributed by atoms with Gasteiger partial charge in [0.2, 0.25) is 5.91 Å². The Labute approximate surface area is 204 Å². The fourth-order valence-corrected chi connectivity index (χ4v) is 3.99. The standard InChI is InChI=1S/C23H36N6O.HI/c1-21(30)28-17-13-27(14-18-28)12-10-25-23(24-2)29-19-15-26(16-20-29)11-6-9-22-7-4-3-5-8-22;/h3-9H,10-20H2,1-2H3,(H,24,25);1H/b9-6+;. The van der Waals surface area contributed by atoms with E-state index < -0.39 is 0 Å². The van der Waals surface area contributed by atoms with E-state index in [9.17, 15) is 4.79 Å². The second kappa shape index (κ2) is 13.7. The maximum Gasteiger partial charge on any atom is 0.219 e. The van der Waals surface area contributed by atoms with Crippen LogP contribution in [0.15, 0.2) is 41.4 Å². The number of benzene rings is 1. The van der Waals surface area contributed by atoms with Crippen LogP contribution in [-0.4, -0.2) is 111 Å². The minimum Gasteiger partial charge on any atom is -0.355 e. The highest BCUT2D eigenvalue weighted by molar-refractivity contribution is 14.0. The molecule has 0 unspecified atom stereocenters. The summed E-state index contributed by atoms with van der Waals surface area (Å²) in [5.41, 5.74) is 1.25. The SMILES string of the molecule is CN=C(NCCN1CCN(C(C)=O)CC1)N1CCN(C/C=C/c2ccccc2)CC1.I. The highest BCUT2D eigenvalue weighted by atomic mass is 127. The van der Waals surface area contributed by atoms with Crippen molar-refractivity contribution in [1.82, 2.24) is 24.9 Å². The molecular weight excluding hydrogens is 503 g/mol. The molecule has 2 aliphatic rings. The van der Waals surface area contributed by atoms with Gasteiger partial charge in [-0.2, -0.15) is 0 Å². The van der Waals surface area contributed by atoms with E-state index in [0.29, 0.717) is 0 Å². The van der Waals surface area contributed by atoms with E-state index >= 15 is 0 Å². The van der Waals surface area contributed by atoms with E-state index in [1.165, 1.54) is 5.56 Å². The number of carbonyl (C=O) groups is 1. The molecule has 2 aliphatic heterocycles. The molecule has 0 radical (unpaired) electrons. The number of guanidine groups is 1. The van der Waals surface area contributed by atoms with Crippen LogP contribution in [0.25, 0.3) is 6.08 Å². The van der Waals surface area contributed by atoms with E-state index in [1.807, 2.05) is 18.0 Å². The zero-order chi connectivity index (χ0) is 21.2. The number of aliphatic imine (C=N–C) groups is 1. The number of carbonyl (C=O) groups excluding carboxylic acids is 1. The Morgan fingerprint density at radius 3 is 2.19 bits per heavy atom. The van der Waals surface area contributed by atoms with E-state index in [4.69, 9.17) is 0 Å². The highest BCUT2D eigenvalue weighted by Crippen LogP contribution is 2.05. The van der Waals surface area contributed by atoms with Gasteiger partial charge in [-0.05, 0) is 5.56 Å². The Morgan fingerprint density at radius 2 is 1.58 bits per heavy atom. The first-order valence-electron chi connectivity index (χ1n) is 11.0. The van der Waals surface area contributed by atoms with Gasteiger partial charge >= 0.3 is 0 Å². The molecule has 2 fully saturated rings. The van der Waals surface area contributed by atoms with Crippen LogP contribution in [0, 0.1) is 0 Å². The van der Waals surface area contributed by atoms with Gasteiger partial charge in [-0.1, -0.05) is 42.5 Å². The molecule has 0 spiro atoms. The second-order valence-electron chi connectivity index (χ2n) is 7.92. The number of piperazine rings is 2. The summed E-state index contributed by atoms with van der Waals surface area (Å²) in [5, 5.41) is 3.52. The van der Waals surface area contributed by atoms with Crippen LogP contribution < -0.4 is 5.32 Å². The Balaban J connectivity index is 0.00000341. The summed E-state index contributed by atoms with van der Waals surface area (Å²) in [6.45, 7) is 12.2. The van der Waals surface area contributed by atoms with E-state index in [-0.39, 0.29) is 29.9 Å². The van der Waals surface area contributed by atoms with Crippen LogP contribution in [0.2, 0.25) is 0 Å². The monoisotopic (exact) mass is 540 g/mol. The summed E-state index contributed by atoms with van der Waals surface area (Å²) in [7, 11) is 1.86. The predicted octanol–water partition coefficient (Wildman–Crippen LogP) is 1.67. The van der Waals surface area contributed by atoms with Crippen LogP contribution in [0.1, 0.15) is 12.5 Å². The highest BCUT2D eigenvalue weighted by Gasteiger charge is 2.20. The number of halogens is 1. The maximum absolute atomic E-state index is 11.4. The molecule has 0 bridgehead atoms. The van der Waals surface area contributed by atoms with Crippen LogP contribution in [0.3, 0.4) is 0 Å². The van der Waals surface area contributed by atoms with Gasteiger partial charge in [0.05, 0.1) is 0 Å². The van der Waals surface area contributed by atoms with Gasteiger partial charge in [-0.15, -0.1) is 24.0 Å². The van der Waals surface area contributed by atoms with Crippen molar-refractivity contribution in [3.8, 4) is 0 Å². The molecular formula is C23H37IN6O. The van der Waals surface area contributed by atoms with Crippen LogP contribution in [-0.2, 0) is 4.79 Å². The molecule has 31 heavy (non-hydrogen) atoms. The molecule has 1 amide bonds. The molecule has 1 aromatic rings. The van der Waals surface area contributed by atoms with Gasteiger partial charge in [0, 0.05) is 86.0 Å². The number of nitrogens with one attached hydrogen (secondary N) is 1. The van der Waals surface area contributed by atoms with Gasteiger partial charge in [0.15, 0.2) is 5.96 Å². The van der Waals surface area contributed by atoms with Crippen molar-refractivity contribution in [3.05, 3.63) is 42.0 Å². The first kappa shape index (κ1) is 25.6. The van der Waals surface area contributed by atoms with Crippen molar-refractivity contribution >= 4 is 41.9 Å². The van der Waals surface area contributed by atoms with Crippen LogP contribution >= 0.6 is 24.0 Å². The predicted molar refractivity (Wildman–Crippen MR) is 139 cm³/mol. The van der Waals surface area contributed by atoms with Gasteiger partial charge < -0.3 is 15.1 Å². The average Bonchev–Trinajstić information content (AvgIpc) is 2.78. The number of amides is 1. The number of hydrogen-bond donors (Lipinski definition) is 1. The zero-order valence-electron chi connectivity index (χ0n) is 18.9. The first-order valence-corrected chi connectivity index (χ1v) is 11.0. The molecule has 0 aliphatic carbocycles. The van der Waals surface area contributed by atoms with Crippen molar-refractivity contribution in [2.45, 2.75) is 6.92 Å². The molecule has 0 aromatic heterocycles. The third-order valence-electron chi connectivity index (χ3n) is 5.89. The summed E-state index contributed by atoms with van der Waals surface area (Å²) in [4.78, 5) is 25.1. The van der Waals surface area contributed by atoms with E-state index in [1.54, 1.807) is 6.92 Å². The maximum atomic E-state index is 11.4. The number of rotatable bonds is 6. The van der Waals surface area contributed by atoms with Crippen molar-refractivity contribution in [3.63, 3.8) is 0 Å². The van der Waals surface area contributed by atoms with Gasteiger partial charge in [-0.25, -0.2) is 0 Å². The average molecular weight is 540 g/mol. The lowest BCUT2D eigenvalue weighted by Gasteiger charge is -2.37. The topological polar surface area (TPSA) is 54.4 Å². The van der Waals surface area contributed by atoms with Gasteiger partial charge in [0.1, 0.15) is 0 Å². The largest absolute Gasteiger partial charge is 0.355 e. The number of hydrogen-bond acceptors (Lipinski definition) is 4. The van der Waals surface area contributed by atoms with Crippen LogP contribution in [0.5, 0.6) is 0 Å². The van der Waals surface area contributed by atoms with Gasteiger partial charge in [0.25, 0.3) is 0 Å². The van der Waals surface area contributed by atoms with Crippen LogP contribution in [0.4, 0.5) is 0 Å². The van der Waals surface area contributed by atoms with Crippen molar-refractivity contribution in [2.75, 3.05) is 79.0 Å². The third-order valence-corrected chi connectivity index (χ3v) is 5.89. The summed E-state index contributed by atoms with van der Waals surface area (Å²) in [5.74, 6) is 1.18. The fourth-order valence-electron chi connectivity index (χ4n) is 3.99. The molecule has 1 aromatic carbocycles. The smallest absolute Gasteiger partial charge is 0.219 e. The van der Waals surface area contributed by atoms with Gasteiger partial charge in [-0.3, -0.25) is 19.6 Å². The third kappa shape index (κ3) is 8.42. The molecule has 1 N–H and O–H groups in total. The Hall–Kier alpha value is -1.65. The molecule has 8 heteroatoms. The summed E-state index contributed by atoms with van der Waals surface area (Å²) >= 11 is 0. The fraction of sp³-hybridized carbons (Fsp3) is 0.565. The summed E-state index contributed by atoms with van der Waals surface area (Å²) in [6, 6.07) is 10.5. The number of nitrogens with zero attached hydrogens (tertiary/aromatic N) is 5. The summed E-state index contributed by atoms with van der Waals surface area (Å²) < 4.78 is 0. The van der Waals surface area contributed by atoms with E-state index in [0.717, 1.165) is 78.0 Å². The second-order valence-corrected chi connectivity index (χ2v) is 7.92. The molecule has 2 saturated heterocycles. The molecule has 0 atom stereocenters. The molecule has 3 rings (SSSR count). The molecule has 7 nitrogen and oxygen atoms in total. The lowest BCUT2D eigenvalue weighted by molar-refractivity contribution is -0.130. The normalized spacial score (nSPS) is 18.8. The van der Waals surface area contributed by atoms with Crippen molar-refractivity contribution in [2.24, 2.45) is 4.99 Å². The molecule has 0 saturated carbocycles. The zero-order valence-corrected chi connectivity index (χ0v) is 21.2. The minimum absolute atomic E-state index is 0. The molecule has 172 valence electrons. The minimum atomic E-state index is 0. The van der Waals surface area contributed by atoms with E-state index in [2.05, 4.69) is 61.4 Å². The quantitative estimate of drug-likeness (QED) is 0.338.